The molecule has 0 saturated heterocycles. The van der Waals surface area contributed by atoms with Gasteiger partial charge in [0.25, 0.3) is 0 Å². The Hall–Kier alpha value is -2.98. The first-order valence-electron chi connectivity index (χ1n) is 8.57. The highest BCUT2D eigenvalue weighted by Crippen LogP contribution is 2.36. The topological polar surface area (TPSA) is 40.0 Å². The molecule has 0 aliphatic carbocycles. The molecule has 4 nitrogen and oxygen atoms in total. The molecule has 3 rings (SSSR count). The molecule has 27 heavy (non-hydrogen) atoms. The minimum atomic E-state index is 0.490. The minimum Gasteiger partial charge on any atom is -0.493 e. The number of halogens is 1. The lowest BCUT2D eigenvalue weighted by molar-refractivity contribution is 0.311. The Morgan fingerprint density at radius 1 is 0.963 bits per heavy atom. The van der Waals surface area contributed by atoms with Crippen molar-refractivity contribution in [3.05, 3.63) is 77.3 Å². The van der Waals surface area contributed by atoms with Gasteiger partial charge < -0.3 is 14.2 Å². The molecule has 0 aliphatic rings. The van der Waals surface area contributed by atoms with E-state index < -0.39 is 0 Å². The summed E-state index contributed by atoms with van der Waals surface area (Å²) >= 11 is 6.29. The van der Waals surface area contributed by atoms with Crippen molar-refractivity contribution in [1.82, 2.24) is 0 Å². The number of rotatable bonds is 7. The Labute approximate surface area is 164 Å². The van der Waals surface area contributed by atoms with Crippen molar-refractivity contribution in [2.45, 2.75) is 6.92 Å². The van der Waals surface area contributed by atoms with E-state index in [0.717, 1.165) is 22.7 Å². The van der Waals surface area contributed by atoms with Gasteiger partial charge in [-0.15, -0.1) is 0 Å². The lowest BCUT2D eigenvalue weighted by Crippen LogP contribution is -1.97. The molecule has 3 aromatic rings. The summed E-state index contributed by atoms with van der Waals surface area (Å²) in [6.07, 6.45) is 1.73. The van der Waals surface area contributed by atoms with Crippen LogP contribution in [0.1, 0.15) is 12.5 Å². The van der Waals surface area contributed by atoms with Gasteiger partial charge in [0.2, 0.25) is 0 Å². The van der Waals surface area contributed by atoms with Gasteiger partial charge in [0.1, 0.15) is 11.5 Å². The second-order valence-corrected chi connectivity index (χ2v) is 6.04. The number of para-hydroxylation sites is 1. The third-order valence-corrected chi connectivity index (χ3v) is 4.00. The van der Waals surface area contributed by atoms with Crippen molar-refractivity contribution in [1.29, 1.82) is 0 Å². The minimum absolute atomic E-state index is 0.490. The molecule has 5 heteroatoms. The van der Waals surface area contributed by atoms with Crippen molar-refractivity contribution in [3.8, 4) is 23.0 Å². The molecule has 0 spiro atoms. The normalized spacial score (nSPS) is 10.8. The first-order valence-corrected chi connectivity index (χ1v) is 8.94. The highest BCUT2D eigenvalue weighted by molar-refractivity contribution is 6.32. The number of hydrogen-bond donors (Lipinski definition) is 0. The summed E-state index contributed by atoms with van der Waals surface area (Å²) in [4.78, 5) is 4.48. The maximum atomic E-state index is 6.29. The van der Waals surface area contributed by atoms with Gasteiger partial charge in [-0.3, -0.25) is 4.99 Å². The molecule has 3 aromatic carbocycles. The molecule has 0 bridgehead atoms. The summed E-state index contributed by atoms with van der Waals surface area (Å²) in [7, 11) is 1.58. The van der Waals surface area contributed by atoms with Gasteiger partial charge in [0.05, 0.1) is 24.4 Å². The highest BCUT2D eigenvalue weighted by Gasteiger charge is 2.10. The predicted molar refractivity (Wildman–Crippen MR) is 109 cm³/mol. The van der Waals surface area contributed by atoms with Gasteiger partial charge >= 0.3 is 0 Å². The molecule has 0 heterocycles. The Kier molecular flexibility index (Phi) is 6.34. The molecule has 138 valence electrons. The maximum absolute atomic E-state index is 6.29. The number of aliphatic imine (C=N–C) groups is 1. The Morgan fingerprint density at radius 2 is 1.67 bits per heavy atom. The smallest absolute Gasteiger partial charge is 0.179 e. The summed E-state index contributed by atoms with van der Waals surface area (Å²) in [5.41, 5.74) is 1.63. The third-order valence-electron chi connectivity index (χ3n) is 3.72. The van der Waals surface area contributed by atoms with Crippen LogP contribution < -0.4 is 14.2 Å². The van der Waals surface area contributed by atoms with E-state index in [-0.39, 0.29) is 0 Å². The predicted octanol–water partition coefficient (Wildman–Crippen LogP) is 6.29. The molecule has 0 atom stereocenters. The fourth-order valence-corrected chi connectivity index (χ4v) is 2.75. The summed E-state index contributed by atoms with van der Waals surface area (Å²) in [6.45, 7) is 2.41. The first kappa shape index (κ1) is 18.8. The van der Waals surface area contributed by atoms with Gasteiger partial charge in [-0.05, 0) is 61.0 Å². The fraction of sp³-hybridized carbons (Fsp3) is 0.136. The largest absolute Gasteiger partial charge is 0.493 e. The van der Waals surface area contributed by atoms with E-state index in [2.05, 4.69) is 4.99 Å². The van der Waals surface area contributed by atoms with E-state index in [1.54, 1.807) is 19.4 Å². The molecular formula is C22H20ClNO3. The van der Waals surface area contributed by atoms with Gasteiger partial charge in [-0.1, -0.05) is 29.8 Å². The zero-order valence-electron chi connectivity index (χ0n) is 15.2. The van der Waals surface area contributed by atoms with Crippen LogP contribution in [-0.2, 0) is 0 Å². The Balaban J connectivity index is 1.73. The van der Waals surface area contributed by atoms with E-state index >= 15 is 0 Å². The number of methoxy groups -OCH3 is 1. The third kappa shape index (κ3) is 5.02. The number of benzene rings is 3. The zero-order valence-corrected chi connectivity index (χ0v) is 15.9. The Morgan fingerprint density at radius 3 is 2.33 bits per heavy atom. The monoisotopic (exact) mass is 381 g/mol. The van der Waals surface area contributed by atoms with Crippen LogP contribution in [0.5, 0.6) is 23.0 Å². The van der Waals surface area contributed by atoms with Crippen LogP contribution in [-0.4, -0.2) is 19.9 Å². The molecule has 0 radical (unpaired) electrons. The quantitative estimate of drug-likeness (QED) is 0.451. The standard InChI is InChI=1S/C22H20ClNO3/c1-3-26-22-20(23)13-16(14-21(22)25-2)15-24-17-9-11-19(12-10-17)27-18-7-5-4-6-8-18/h4-15H,3H2,1-2H3. The molecular weight excluding hydrogens is 362 g/mol. The number of nitrogens with zero attached hydrogens (tertiary/aromatic N) is 1. The lowest BCUT2D eigenvalue weighted by Gasteiger charge is -2.11. The van der Waals surface area contributed by atoms with Gasteiger partial charge in [0.15, 0.2) is 11.5 Å². The molecule has 0 fully saturated rings. The maximum Gasteiger partial charge on any atom is 0.179 e. The summed E-state index contributed by atoms with van der Waals surface area (Å²) in [5.74, 6) is 2.68. The fourth-order valence-electron chi connectivity index (χ4n) is 2.47. The van der Waals surface area contributed by atoms with Gasteiger partial charge in [-0.2, -0.15) is 0 Å². The van der Waals surface area contributed by atoms with Crippen LogP contribution in [0, 0.1) is 0 Å². The van der Waals surface area contributed by atoms with E-state index in [1.807, 2.05) is 67.6 Å². The van der Waals surface area contributed by atoms with Crippen molar-refractivity contribution < 1.29 is 14.2 Å². The Bertz CT molecular complexity index is 909. The van der Waals surface area contributed by atoms with E-state index in [9.17, 15) is 0 Å². The number of hydrogen-bond acceptors (Lipinski definition) is 4. The lowest BCUT2D eigenvalue weighted by atomic mass is 10.2. The highest BCUT2D eigenvalue weighted by atomic mass is 35.5. The van der Waals surface area contributed by atoms with Crippen LogP contribution in [0.2, 0.25) is 5.02 Å². The first-order chi connectivity index (χ1) is 13.2. The van der Waals surface area contributed by atoms with E-state index in [4.69, 9.17) is 25.8 Å². The van der Waals surface area contributed by atoms with Crippen LogP contribution in [0.3, 0.4) is 0 Å². The van der Waals surface area contributed by atoms with Crippen molar-refractivity contribution in [3.63, 3.8) is 0 Å². The zero-order chi connectivity index (χ0) is 19.1. The SMILES string of the molecule is CCOc1c(Cl)cc(C=Nc2ccc(Oc3ccccc3)cc2)cc1OC. The van der Waals surface area contributed by atoms with Crippen molar-refractivity contribution in [2.24, 2.45) is 4.99 Å². The average Bonchev–Trinajstić information content (AvgIpc) is 2.70. The molecule has 0 amide bonds. The molecule has 0 unspecified atom stereocenters. The summed E-state index contributed by atoms with van der Waals surface area (Å²) < 4.78 is 16.7. The molecule has 0 saturated carbocycles. The summed E-state index contributed by atoms with van der Waals surface area (Å²) in [5, 5.41) is 0.490. The van der Waals surface area contributed by atoms with E-state index in [1.165, 1.54) is 0 Å². The van der Waals surface area contributed by atoms with Crippen LogP contribution >= 0.6 is 11.6 Å². The van der Waals surface area contributed by atoms with Crippen molar-refractivity contribution >= 4 is 23.5 Å². The van der Waals surface area contributed by atoms with Crippen LogP contribution in [0.25, 0.3) is 0 Å². The van der Waals surface area contributed by atoms with Gasteiger partial charge in [-0.25, -0.2) is 0 Å². The molecule has 0 aromatic heterocycles. The molecule has 0 N–H and O–H groups in total. The summed E-state index contributed by atoms with van der Waals surface area (Å²) in [6, 6.07) is 20.8. The molecule has 0 aliphatic heterocycles. The van der Waals surface area contributed by atoms with Crippen LogP contribution in [0.15, 0.2) is 71.7 Å². The van der Waals surface area contributed by atoms with E-state index in [0.29, 0.717) is 23.1 Å². The van der Waals surface area contributed by atoms with Crippen LogP contribution in [0.4, 0.5) is 5.69 Å². The van der Waals surface area contributed by atoms with Crippen molar-refractivity contribution in [2.75, 3.05) is 13.7 Å². The number of ether oxygens (including phenoxy) is 3. The second-order valence-electron chi connectivity index (χ2n) is 5.63. The second kappa shape index (κ2) is 9.10. The average molecular weight is 382 g/mol. The van der Waals surface area contributed by atoms with Gasteiger partial charge in [0, 0.05) is 6.21 Å².